The number of pyridine rings is 1. The van der Waals surface area contributed by atoms with Gasteiger partial charge in [-0.1, -0.05) is 26.3 Å². The number of thiazole rings is 1. The molecule has 4 aromatic rings. The molecule has 6 heteroatoms. The summed E-state index contributed by atoms with van der Waals surface area (Å²) in [5, 5.41) is 1.07. The van der Waals surface area contributed by atoms with E-state index in [2.05, 4.69) is 37.0 Å². The molecule has 0 amide bonds. The number of thiophene rings is 1. The topological polar surface area (TPSA) is 52.1 Å². The van der Waals surface area contributed by atoms with Gasteiger partial charge < -0.3 is 4.74 Å². The summed E-state index contributed by atoms with van der Waals surface area (Å²) in [7, 11) is 1.73. The third-order valence-electron chi connectivity index (χ3n) is 7.14. The van der Waals surface area contributed by atoms with Gasteiger partial charge in [0.15, 0.2) is 0 Å². The lowest BCUT2D eigenvalue weighted by atomic mass is 9.81. The molecule has 3 aromatic heterocycles. The molecule has 0 fully saturated rings. The van der Waals surface area contributed by atoms with Crippen LogP contribution >= 0.6 is 22.7 Å². The van der Waals surface area contributed by atoms with E-state index < -0.39 is 0 Å². The first-order valence-corrected chi connectivity index (χ1v) is 14.6. The van der Waals surface area contributed by atoms with Crippen LogP contribution in [0.5, 0.6) is 0 Å². The minimum absolute atomic E-state index is 0.342. The summed E-state index contributed by atoms with van der Waals surface area (Å²) in [6.45, 7) is 5.47. The van der Waals surface area contributed by atoms with Crippen LogP contribution in [0.2, 0.25) is 0 Å². The number of ketones is 1. The average Bonchev–Trinajstić information content (AvgIpc) is 3.44. The molecule has 5 rings (SSSR count). The molecule has 0 saturated heterocycles. The maximum atomic E-state index is 13.0. The van der Waals surface area contributed by atoms with Crippen molar-refractivity contribution in [1.82, 2.24) is 9.97 Å². The SMILES string of the molecule is COCCCCCC(=O)Cc1sc2c(c1-c1nc3cc(-c4ccncc4)ccc3s1)CC(C)CC2C. The van der Waals surface area contributed by atoms with Crippen molar-refractivity contribution in [3.8, 4) is 21.7 Å². The number of carbonyl (C=O) groups excluding carboxylic acids is 1. The molecule has 0 N–H and O–H groups in total. The Kier molecular flexibility index (Phi) is 7.94. The molecule has 1 aromatic carbocycles. The maximum Gasteiger partial charge on any atom is 0.138 e. The fourth-order valence-electron chi connectivity index (χ4n) is 5.42. The van der Waals surface area contributed by atoms with Crippen LogP contribution in [0, 0.1) is 5.92 Å². The Morgan fingerprint density at radius 2 is 1.89 bits per heavy atom. The molecule has 36 heavy (non-hydrogen) atoms. The second-order valence-electron chi connectivity index (χ2n) is 10.1. The number of aromatic nitrogens is 2. The van der Waals surface area contributed by atoms with Gasteiger partial charge in [0.25, 0.3) is 0 Å². The second-order valence-corrected chi connectivity index (χ2v) is 12.3. The fourth-order valence-corrected chi connectivity index (χ4v) is 7.96. The van der Waals surface area contributed by atoms with Gasteiger partial charge in [-0.2, -0.15) is 0 Å². The van der Waals surface area contributed by atoms with E-state index in [9.17, 15) is 4.79 Å². The fraction of sp³-hybridized carbons (Fsp3) is 0.433. The van der Waals surface area contributed by atoms with Gasteiger partial charge in [0, 0.05) is 54.3 Å². The lowest BCUT2D eigenvalue weighted by molar-refractivity contribution is -0.118. The molecule has 0 aliphatic heterocycles. The van der Waals surface area contributed by atoms with Crippen LogP contribution < -0.4 is 0 Å². The number of hydrogen-bond acceptors (Lipinski definition) is 6. The summed E-state index contributed by atoms with van der Waals surface area (Å²) in [6, 6.07) is 10.6. The number of benzene rings is 1. The minimum Gasteiger partial charge on any atom is -0.385 e. The summed E-state index contributed by atoms with van der Waals surface area (Å²) in [4.78, 5) is 25.0. The molecule has 0 radical (unpaired) electrons. The first-order chi connectivity index (χ1) is 17.5. The lowest BCUT2D eigenvalue weighted by Gasteiger charge is -2.24. The largest absolute Gasteiger partial charge is 0.385 e. The summed E-state index contributed by atoms with van der Waals surface area (Å²) < 4.78 is 6.33. The van der Waals surface area contributed by atoms with Crippen molar-refractivity contribution < 1.29 is 9.53 Å². The van der Waals surface area contributed by atoms with E-state index in [-0.39, 0.29) is 0 Å². The van der Waals surface area contributed by atoms with E-state index in [4.69, 9.17) is 9.72 Å². The zero-order valence-electron chi connectivity index (χ0n) is 21.4. The van der Waals surface area contributed by atoms with Crippen LogP contribution in [0.3, 0.4) is 0 Å². The number of nitrogens with zero attached hydrogens (tertiary/aromatic N) is 2. The first kappa shape index (κ1) is 25.2. The van der Waals surface area contributed by atoms with Gasteiger partial charge in [-0.3, -0.25) is 9.78 Å². The molecule has 188 valence electrons. The number of hydrogen-bond donors (Lipinski definition) is 0. The molecule has 3 heterocycles. The zero-order chi connectivity index (χ0) is 25.1. The number of fused-ring (bicyclic) bond motifs is 2. The summed E-state index contributed by atoms with van der Waals surface area (Å²) in [6.07, 6.45) is 10.1. The highest BCUT2D eigenvalue weighted by Gasteiger charge is 2.30. The molecule has 1 aliphatic carbocycles. The Bertz CT molecular complexity index is 1340. The van der Waals surface area contributed by atoms with Crippen LogP contribution in [0.1, 0.15) is 67.2 Å². The monoisotopic (exact) mass is 518 g/mol. The standard InChI is InChI=1S/C30H34N2O2S2/c1-19-15-20(2)29-24(16-19)28(27(35-29)18-23(33)7-5-4-6-14-34-3)30-32-25-17-22(8-9-26(25)36-30)21-10-12-31-13-11-21/h8-13,17,19-20H,4-7,14-16,18H2,1-3H3. The number of unbranched alkanes of at least 4 members (excludes halogenated alkanes) is 2. The van der Waals surface area contributed by atoms with Crippen molar-refractivity contribution in [2.24, 2.45) is 5.92 Å². The lowest BCUT2D eigenvalue weighted by Crippen LogP contribution is -2.13. The molecule has 0 saturated carbocycles. The molecular formula is C30H34N2O2S2. The van der Waals surface area contributed by atoms with E-state index in [1.54, 1.807) is 18.4 Å². The third kappa shape index (κ3) is 5.46. The van der Waals surface area contributed by atoms with Gasteiger partial charge in [0.1, 0.15) is 10.8 Å². The molecule has 4 nitrogen and oxygen atoms in total. The van der Waals surface area contributed by atoms with Gasteiger partial charge in [0.05, 0.1) is 10.2 Å². The third-order valence-corrected chi connectivity index (χ3v) is 9.66. The molecule has 0 bridgehead atoms. The predicted octanol–water partition coefficient (Wildman–Crippen LogP) is 8.09. The smallest absolute Gasteiger partial charge is 0.138 e. The van der Waals surface area contributed by atoms with Crippen molar-refractivity contribution in [1.29, 1.82) is 0 Å². The quantitative estimate of drug-likeness (QED) is 0.199. The highest BCUT2D eigenvalue weighted by molar-refractivity contribution is 7.22. The van der Waals surface area contributed by atoms with Crippen molar-refractivity contribution in [3.05, 3.63) is 58.0 Å². The summed E-state index contributed by atoms with van der Waals surface area (Å²) in [5.74, 6) is 1.53. The highest BCUT2D eigenvalue weighted by atomic mass is 32.1. The van der Waals surface area contributed by atoms with Crippen LogP contribution in [-0.4, -0.2) is 29.5 Å². The number of Topliss-reactive ketones (excluding diaryl/α,β-unsaturated/α-hetero) is 1. The van der Waals surface area contributed by atoms with Crippen LogP contribution in [-0.2, 0) is 22.4 Å². The van der Waals surface area contributed by atoms with Gasteiger partial charge in [-0.05, 0) is 78.5 Å². The average molecular weight is 519 g/mol. The van der Waals surface area contributed by atoms with E-state index in [0.29, 0.717) is 30.5 Å². The molecule has 2 unspecified atom stereocenters. The Labute approximate surface area is 221 Å². The highest BCUT2D eigenvalue weighted by Crippen LogP contribution is 2.48. The van der Waals surface area contributed by atoms with Crippen LogP contribution in [0.4, 0.5) is 0 Å². The van der Waals surface area contributed by atoms with E-state index >= 15 is 0 Å². The Balaban J connectivity index is 1.47. The van der Waals surface area contributed by atoms with E-state index in [0.717, 1.165) is 53.9 Å². The zero-order valence-corrected chi connectivity index (χ0v) is 23.0. The van der Waals surface area contributed by atoms with Crippen molar-refractivity contribution >= 4 is 38.7 Å². The summed E-state index contributed by atoms with van der Waals surface area (Å²) in [5.41, 5.74) is 6.03. The second kappa shape index (κ2) is 11.3. The van der Waals surface area contributed by atoms with Crippen LogP contribution in [0.15, 0.2) is 42.7 Å². The Morgan fingerprint density at radius 3 is 2.69 bits per heavy atom. The number of methoxy groups -OCH3 is 1. The Morgan fingerprint density at radius 1 is 1.06 bits per heavy atom. The molecular weight excluding hydrogens is 484 g/mol. The van der Waals surface area contributed by atoms with Gasteiger partial charge >= 0.3 is 0 Å². The van der Waals surface area contributed by atoms with Crippen molar-refractivity contribution in [3.63, 3.8) is 0 Å². The minimum atomic E-state index is 0.342. The molecule has 0 spiro atoms. The van der Waals surface area contributed by atoms with Crippen LogP contribution in [0.25, 0.3) is 31.9 Å². The number of ether oxygens (including phenoxy) is 1. The summed E-state index contributed by atoms with van der Waals surface area (Å²) >= 11 is 3.63. The van der Waals surface area contributed by atoms with Crippen molar-refractivity contribution in [2.75, 3.05) is 13.7 Å². The maximum absolute atomic E-state index is 13.0. The first-order valence-electron chi connectivity index (χ1n) is 13.0. The predicted molar refractivity (Wildman–Crippen MR) is 151 cm³/mol. The molecule has 2 atom stereocenters. The van der Waals surface area contributed by atoms with Crippen molar-refractivity contribution in [2.45, 2.75) is 64.7 Å². The normalized spacial score (nSPS) is 17.4. The Hall–Kier alpha value is -2.41. The van der Waals surface area contributed by atoms with Gasteiger partial charge in [-0.15, -0.1) is 22.7 Å². The molecule has 1 aliphatic rings. The number of carbonyl (C=O) groups is 1. The van der Waals surface area contributed by atoms with Gasteiger partial charge in [-0.25, -0.2) is 4.98 Å². The van der Waals surface area contributed by atoms with E-state index in [1.807, 2.05) is 35.9 Å². The van der Waals surface area contributed by atoms with Gasteiger partial charge in [0.2, 0.25) is 0 Å². The van der Waals surface area contributed by atoms with E-state index in [1.165, 1.54) is 32.0 Å². The number of rotatable bonds is 10.